The summed E-state index contributed by atoms with van der Waals surface area (Å²) in [7, 11) is 3.29. The number of fused-ring (bicyclic) bond motifs is 1. The lowest BCUT2D eigenvalue weighted by Gasteiger charge is -2.24. The lowest BCUT2D eigenvalue weighted by Crippen LogP contribution is -2.43. The highest BCUT2D eigenvalue weighted by molar-refractivity contribution is 5.75. The molecule has 0 saturated heterocycles. The van der Waals surface area contributed by atoms with E-state index in [2.05, 4.69) is 17.4 Å². The molecule has 1 N–H and O–H groups in total. The van der Waals surface area contributed by atoms with E-state index in [9.17, 15) is 4.79 Å². The minimum absolute atomic E-state index is 0.0964. The number of carbonyl (C=O) groups is 1. The van der Waals surface area contributed by atoms with E-state index in [1.807, 2.05) is 30.0 Å². The van der Waals surface area contributed by atoms with Gasteiger partial charge >= 0.3 is 6.03 Å². The Morgan fingerprint density at radius 3 is 2.62 bits per heavy atom. The Bertz CT molecular complexity index is 756. The van der Waals surface area contributed by atoms with Crippen molar-refractivity contribution in [3.63, 3.8) is 0 Å². The third-order valence-corrected chi connectivity index (χ3v) is 4.74. The number of ether oxygens (including phenoxy) is 2. The maximum Gasteiger partial charge on any atom is 0.318 e. The lowest BCUT2D eigenvalue weighted by molar-refractivity contribution is 0.147. The van der Waals surface area contributed by atoms with Crippen molar-refractivity contribution in [1.82, 2.24) is 10.2 Å². The van der Waals surface area contributed by atoms with Gasteiger partial charge in [0.15, 0.2) is 0 Å². The van der Waals surface area contributed by atoms with Crippen molar-refractivity contribution in [3.8, 4) is 5.75 Å². The molecule has 0 fully saturated rings. The summed E-state index contributed by atoms with van der Waals surface area (Å²) in [6.07, 6.45) is 1.65. The smallest absolute Gasteiger partial charge is 0.318 e. The molecule has 140 valence electrons. The van der Waals surface area contributed by atoms with Gasteiger partial charge in [0.1, 0.15) is 23.3 Å². The quantitative estimate of drug-likeness (QED) is 0.892. The summed E-state index contributed by atoms with van der Waals surface area (Å²) in [5.41, 5.74) is 2.52. The fraction of sp³-hybridized carbons (Fsp3) is 0.450. The van der Waals surface area contributed by atoms with Crippen LogP contribution >= 0.6 is 0 Å². The molecule has 3 rings (SSSR count). The molecule has 2 heterocycles. The molecular formula is C20H26N2O4. The predicted molar refractivity (Wildman–Crippen MR) is 98.6 cm³/mol. The largest absolute Gasteiger partial charge is 0.497 e. The first-order valence-corrected chi connectivity index (χ1v) is 8.87. The van der Waals surface area contributed by atoms with Gasteiger partial charge in [-0.05, 0) is 55.2 Å². The van der Waals surface area contributed by atoms with Gasteiger partial charge < -0.3 is 24.1 Å². The van der Waals surface area contributed by atoms with Gasteiger partial charge in [0.2, 0.25) is 0 Å². The maximum absolute atomic E-state index is 12.8. The second-order valence-electron chi connectivity index (χ2n) is 6.53. The van der Waals surface area contributed by atoms with Crippen molar-refractivity contribution >= 4 is 6.03 Å². The Morgan fingerprint density at radius 2 is 1.96 bits per heavy atom. The van der Waals surface area contributed by atoms with Gasteiger partial charge in [-0.1, -0.05) is 6.07 Å². The summed E-state index contributed by atoms with van der Waals surface area (Å²) in [5.74, 6) is 2.38. The summed E-state index contributed by atoms with van der Waals surface area (Å²) in [6.45, 7) is 3.60. The zero-order valence-electron chi connectivity index (χ0n) is 15.6. The molecule has 1 atom stereocenters. The minimum atomic E-state index is -0.299. The Balaban J connectivity index is 1.66. The fourth-order valence-corrected chi connectivity index (χ4v) is 3.27. The Morgan fingerprint density at radius 1 is 1.19 bits per heavy atom. The molecule has 1 unspecified atom stereocenters. The molecule has 0 saturated carbocycles. The van der Waals surface area contributed by atoms with Crippen LogP contribution in [0.1, 0.15) is 28.7 Å². The number of furan rings is 1. The van der Waals surface area contributed by atoms with Crippen LogP contribution in [0.25, 0.3) is 0 Å². The average molecular weight is 358 g/mol. The van der Waals surface area contributed by atoms with Gasteiger partial charge in [0.25, 0.3) is 0 Å². The molecule has 2 amide bonds. The third-order valence-electron chi connectivity index (χ3n) is 4.74. The molecule has 2 aromatic rings. The van der Waals surface area contributed by atoms with Crippen LogP contribution in [0.15, 0.2) is 34.7 Å². The van der Waals surface area contributed by atoms with E-state index in [0.29, 0.717) is 25.5 Å². The molecule has 0 aliphatic carbocycles. The van der Waals surface area contributed by atoms with Crippen molar-refractivity contribution in [2.75, 3.05) is 33.9 Å². The summed E-state index contributed by atoms with van der Waals surface area (Å²) < 4.78 is 16.2. The van der Waals surface area contributed by atoms with Crippen molar-refractivity contribution < 1.29 is 18.7 Å². The predicted octanol–water partition coefficient (Wildman–Crippen LogP) is 3.09. The fourth-order valence-electron chi connectivity index (χ4n) is 3.27. The van der Waals surface area contributed by atoms with Gasteiger partial charge in [-0.25, -0.2) is 4.79 Å². The van der Waals surface area contributed by atoms with Crippen molar-refractivity contribution in [3.05, 3.63) is 53.0 Å². The van der Waals surface area contributed by atoms with Crippen LogP contribution < -0.4 is 10.1 Å². The number of benzene rings is 1. The van der Waals surface area contributed by atoms with Gasteiger partial charge in [-0.2, -0.15) is 0 Å². The minimum Gasteiger partial charge on any atom is -0.497 e. The van der Waals surface area contributed by atoms with Crippen LogP contribution in [0.4, 0.5) is 4.79 Å². The van der Waals surface area contributed by atoms with Crippen LogP contribution in [0.3, 0.4) is 0 Å². The summed E-state index contributed by atoms with van der Waals surface area (Å²) in [6, 6.07) is 9.50. The highest BCUT2D eigenvalue weighted by Crippen LogP contribution is 2.22. The Hall–Kier alpha value is -2.47. The molecule has 0 spiro atoms. The molecule has 1 aliphatic rings. The topological polar surface area (TPSA) is 63.9 Å². The highest BCUT2D eigenvalue weighted by atomic mass is 16.5. The maximum atomic E-state index is 12.8. The number of rotatable bonds is 5. The number of aryl methyl sites for hydroxylation is 1. The van der Waals surface area contributed by atoms with Gasteiger partial charge in [0.05, 0.1) is 13.7 Å². The number of amides is 2. The molecule has 1 aromatic heterocycles. The van der Waals surface area contributed by atoms with Crippen LogP contribution in [0, 0.1) is 6.92 Å². The summed E-state index contributed by atoms with van der Waals surface area (Å²) in [5, 5.41) is 3.04. The number of urea groups is 1. The standard InChI is InChI=1S/C20H26N2O4/c1-14-4-7-19(26-14)18(13-24-2)21-20(23)22-10-8-15-5-6-17(25-3)12-16(15)9-11-22/h4-7,12,18H,8-11,13H2,1-3H3,(H,21,23). The zero-order chi connectivity index (χ0) is 18.5. The van der Waals surface area contributed by atoms with Crippen LogP contribution in [0.2, 0.25) is 0 Å². The van der Waals surface area contributed by atoms with Gasteiger partial charge in [-0.3, -0.25) is 0 Å². The van der Waals surface area contributed by atoms with E-state index in [1.54, 1.807) is 14.2 Å². The number of carbonyl (C=O) groups excluding carboxylic acids is 1. The first-order valence-electron chi connectivity index (χ1n) is 8.87. The second kappa shape index (κ2) is 8.27. The van der Waals surface area contributed by atoms with Gasteiger partial charge in [-0.15, -0.1) is 0 Å². The molecule has 6 nitrogen and oxygen atoms in total. The first kappa shape index (κ1) is 18.3. The number of hydrogen-bond acceptors (Lipinski definition) is 4. The van der Waals surface area contributed by atoms with E-state index >= 15 is 0 Å². The number of methoxy groups -OCH3 is 2. The average Bonchev–Trinajstić information content (AvgIpc) is 2.96. The molecule has 0 radical (unpaired) electrons. The van der Waals surface area contributed by atoms with E-state index in [4.69, 9.17) is 13.9 Å². The van der Waals surface area contributed by atoms with Crippen LogP contribution in [0.5, 0.6) is 5.75 Å². The van der Waals surface area contributed by atoms with Crippen molar-refractivity contribution in [2.45, 2.75) is 25.8 Å². The lowest BCUT2D eigenvalue weighted by atomic mass is 10.0. The Labute approximate surface area is 154 Å². The Kier molecular flexibility index (Phi) is 5.83. The third kappa shape index (κ3) is 4.19. The molecule has 1 aromatic carbocycles. The number of nitrogens with zero attached hydrogens (tertiary/aromatic N) is 1. The summed E-state index contributed by atoms with van der Waals surface area (Å²) >= 11 is 0. The van der Waals surface area contributed by atoms with Crippen LogP contribution in [-0.2, 0) is 17.6 Å². The highest BCUT2D eigenvalue weighted by Gasteiger charge is 2.23. The van der Waals surface area contributed by atoms with E-state index < -0.39 is 0 Å². The second-order valence-corrected chi connectivity index (χ2v) is 6.53. The van der Waals surface area contributed by atoms with E-state index in [1.165, 1.54) is 11.1 Å². The summed E-state index contributed by atoms with van der Waals surface area (Å²) in [4.78, 5) is 14.6. The monoisotopic (exact) mass is 358 g/mol. The van der Waals surface area contributed by atoms with Crippen molar-refractivity contribution in [1.29, 1.82) is 0 Å². The van der Waals surface area contributed by atoms with Crippen LogP contribution in [-0.4, -0.2) is 44.8 Å². The number of hydrogen-bond donors (Lipinski definition) is 1. The van der Waals surface area contributed by atoms with E-state index in [0.717, 1.165) is 24.4 Å². The molecule has 0 bridgehead atoms. The molecule has 6 heteroatoms. The van der Waals surface area contributed by atoms with E-state index in [-0.39, 0.29) is 12.1 Å². The van der Waals surface area contributed by atoms with Crippen molar-refractivity contribution in [2.24, 2.45) is 0 Å². The molecule has 1 aliphatic heterocycles. The molecule has 26 heavy (non-hydrogen) atoms. The zero-order valence-corrected chi connectivity index (χ0v) is 15.6. The van der Waals surface area contributed by atoms with Gasteiger partial charge in [0, 0.05) is 20.2 Å². The SMILES string of the molecule is COCC(NC(=O)N1CCc2ccc(OC)cc2CC1)c1ccc(C)o1. The first-order chi connectivity index (χ1) is 12.6. The molecular weight excluding hydrogens is 332 g/mol. The number of nitrogens with one attached hydrogen (secondary N) is 1. The normalized spacial score (nSPS) is 15.1.